The standard InChI is InChI=1S/C11H23NO2/c1-9-3-4-11(8-12,10(2)7-9)14-6-5-13/h9-10,13H,3-8,12H2,1-2H3. The van der Waals surface area contributed by atoms with Gasteiger partial charge in [0.25, 0.3) is 0 Å². The summed E-state index contributed by atoms with van der Waals surface area (Å²) in [6.07, 6.45) is 3.40. The minimum absolute atomic E-state index is 0.0873. The van der Waals surface area contributed by atoms with E-state index in [2.05, 4.69) is 13.8 Å². The van der Waals surface area contributed by atoms with Gasteiger partial charge in [-0.15, -0.1) is 0 Å². The molecule has 14 heavy (non-hydrogen) atoms. The molecule has 3 atom stereocenters. The van der Waals surface area contributed by atoms with E-state index in [1.807, 2.05) is 0 Å². The van der Waals surface area contributed by atoms with Crippen molar-refractivity contribution in [3.63, 3.8) is 0 Å². The lowest BCUT2D eigenvalue weighted by Gasteiger charge is -2.43. The van der Waals surface area contributed by atoms with Gasteiger partial charge in [0.05, 0.1) is 18.8 Å². The molecule has 0 saturated heterocycles. The Morgan fingerprint density at radius 1 is 1.50 bits per heavy atom. The predicted octanol–water partition coefficient (Wildman–Crippen LogP) is 1.15. The van der Waals surface area contributed by atoms with Crippen molar-refractivity contribution in [3.8, 4) is 0 Å². The predicted molar refractivity (Wildman–Crippen MR) is 57.0 cm³/mol. The molecule has 3 heteroatoms. The Morgan fingerprint density at radius 3 is 2.71 bits per heavy atom. The van der Waals surface area contributed by atoms with E-state index in [4.69, 9.17) is 15.6 Å². The van der Waals surface area contributed by atoms with Gasteiger partial charge in [0.2, 0.25) is 0 Å². The number of aliphatic hydroxyl groups is 1. The highest BCUT2D eigenvalue weighted by molar-refractivity contribution is 4.92. The molecule has 0 aromatic heterocycles. The third kappa shape index (κ3) is 2.47. The number of rotatable bonds is 4. The zero-order chi connectivity index (χ0) is 10.6. The van der Waals surface area contributed by atoms with Crippen LogP contribution >= 0.6 is 0 Å². The fraction of sp³-hybridized carbons (Fsp3) is 1.00. The molecule has 1 aliphatic rings. The minimum Gasteiger partial charge on any atom is -0.394 e. The van der Waals surface area contributed by atoms with Crippen molar-refractivity contribution in [3.05, 3.63) is 0 Å². The zero-order valence-electron chi connectivity index (χ0n) is 9.33. The molecule has 0 aliphatic heterocycles. The molecular formula is C11H23NO2. The molecule has 1 aliphatic carbocycles. The average Bonchev–Trinajstić information content (AvgIpc) is 2.18. The van der Waals surface area contributed by atoms with Crippen LogP contribution < -0.4 is 5.73 Å². The lowest BCUT2D eigenvalue weighted by atomic mass is 9.72. The molecule has 0 aromatic carbocycles. The maximum Gasteiger partial charge on any atom is 0.0830 e. The first kappa shape index (κ1) is 12.0. The largest absolute Gasteiger partial charge is 0.394 e. The van der Waals surface area contributed by atoms with Crippen LogP contribution in [-0.4, -0.2) is 30.5 Å². The Balaban J connectivity index is 2.58. The second-order valence-corrected chi connectivity index (χ2v) is 4.62. The zero-order valence-corrected chi connectivity index (χ0v) is 9.33. The van der Waals surface area contributed by atoms with E-state index in [1.54, 1.807) is 0 Å². The monoisotopic (exact) mass is 201 g/mol. The normalized spacial score (nSPS) is 38.6. The van der Waals surface area contributed by atoms with Crippen molar-refractivity contribution in [2.24, 2.45) is 17.6 Å². The summed E-state index contributed by atoms with van der Waals surface area (Å²) in [6.45, 7) is 5.56. The first-order chi connectivity index (χ1) is 6.64. The van der Waals surface area contributed by atoms with Crippen molar-refractivity contribution in [1.82, 2.24) is 0 Å². The smallest absolute Gasteiger partial charge is 0.0830 e. The molecule has 3 N–H and O–H groups in total. The number of aliphatic hydroxyl groups excluding tert-OH is 1. The molecule has 1 fully saturated rings. The SMILES string of the molecule is CC1CCC(CN)(OCCO)C(C)C1. The van der Waals surface area contributed by atoms with Crippen LogP contribution in [0.4, 0.5) is 0 Å². The second-order valence-electron chi connectivity index (χ2n) is 4.62. The summed E-state index contributed by atoms with van der Waals surface area (Å²) < 4.78 is 5.75. The van der Waals surface area contributed by atoms with Gasteiger partial charge in [-0.3, -0.25) is 0 Å². The van der Waals surface area contributed by atoms with Crippen molar-refractivity contribution in [2.75, 3.05) is 19.8 Å². The Labute approximate surface area is 86.6 Å². The molecule has 1 rings (SSSR count). The molecule has 3 unspecified atom stereocenters. The fourth-order valence-corrected chi connectivity index (χ4v) is 2.50. The summed E-state index contributed by atoms with van der Waals surface area (Å²) in [5.41, 5.74) is 5.64. The third-order valence-corrected chi connectivity index (χ3v) is 3.54. The Morgan fingerprint density at radius 2 is 2.21 bits per heavy atom. The van der Waals surface area contributed by atoms with Crippen LogP contribution in [0, 0.1) is 11.8 Å². The molecule has 0 radical (unpaired) electrons. The van der Waals surface area contributed by atoms with Crippen LogP contribution in [-0.2, 0) is 4.74 Å². The number of nitrogens with two attached hydrogens (primary N) is 1. The minimum atomic E-state index is -0.171. The van der Waals surface area contributed by atoms with Crippen LogP contribution in [0.25, 0.3) is 0 Å². The van der Waals surface area contributed by atoms with E-state index in [1.165, 1.54) is 12.8 Å². The number of ether oxygens (including phenoxy) is 1. The van der Waals surface area contributed by atoms with Gasteiger partial charge in [-0.2, -0.15) is 0 Å². The molecule has 0 aromatic rings. The van der Waals surface area contributed by atoms with Gasteiger partial charge in [0, 0.05) is 6.54 Å². The maximum absolute atomic E-state index is 8.78. The molecule has 0 heterocycles. The van der Waals surface area contributed by atoms with Gasteiger partial charge in [-0.1, -0.05) is 13.8 Å². The highest BCUT2D eigenvalue weighted by atomic mass is 16.5. The van der Waals surface area contributed by atoms with Crippen molar-refractivity contribution in [2.45, 2.75) is 38.7 Å². The fourth-order valence-electron chi connectivity index (χ4n) is 2.50. The number of hydrogen-bond acceptors (Lipinski definition) is 3. The van der Waals surface area contributed by atoms with E-state index in [0.717, 1.165) is 12.3 Å². The molecule has 84 valence electrons. The molecule has 1 saturated carbocycles. The van der Waals surface area contributed by atoms with Gasteiger partial charge < -0.3 is 15.6 Å². The van der Waals surface area contributed by atoms with Crippen LogP contribution in [0.2, 0.25) is 0 Å². The first-order valence-corrected chi connectivity index (χ1v) is 5.59. The lowest BCUT2D eigenvalue weighted by molar-refractivity contribution is -0.112. The lowest BCUT2D eigenvalue weighted by Crippen LogP contribution is -2.50. The topological polar surface area (TPSA) is 55.5 Å². The van der Waals surface area contributed by atoms with Crippen LogP contribution in [0.3, 0.4) is 0 Å². The molecule has 3 nitrogen and oxygen atoms in total. The Hall–Kier alpha value is -0.120. The average molecular weight is 201 g/mol. The third-order valence-electron chi connectivity index (χ3n) is 3.54. The van der Waals surface area contributed by atoms with Gasteiger partial charge in [0.15, 0.2) is 0 Å². The maximum atomic E-state index is 8.78. The summed E-state index contributed by atoms with van der Waals surface area (Å²) >= 11 is 0. The van der Waals surface area contributed by atoms with E-state index < -0.39 is 0 Å². The quantitative estimate of drug-likeness (QED) is 0.717. The van der Waals surface area contributed by atoms with Crippen molar-refractivity contribution in [1.29, 1.82) is 0 Å². The Kier molecular flexibility index (Phi) is 4.35. The summed E-state index contributed by atoms with van der Waals surface area (Å²) in [6, 6.07) is 0. The van der Waals surface area contributed by atoms with E-state index in [-0.39, 0.29) is 12.2 Å². The van der Waals surface area contributed by atoms with E-state index >= 15 is 0 Å². The Bertz CT molecular complexity index is 171. The van der Waals surface area contributed by atoms with Crippen molar-refractivity contribution >= 4 is 0 Å². The molecule has 0 bridgehead atoms. The summed E-state index contributed by atoms with van der Waals surface area (Å²) in [5, 5.41) is 8.78. The van der Waals surface area contributed by atoms with Gasteiger partial charge in [-0.05, 0) is 31.1 Å². The first-order valence-electron chi connectivity index (χ1n) is 5.59. The highest BCUT2D eigenvalue weighted by Gasteiger charge is 2.39. The van der Waals surface area contributed by atoms with Gasteiger partial charge in [-0.25, -0.2) is 0 Å². The molecular weight excluding hydrogens is 178 g/mol. The highest BCUT2D eigenvalue weighted by Crippen LogP contribution is 2.38. The van der Waals surface area contributed by atoms with E-state index in [0.29, 0.717) is 19.1 Å². The van der Waals surface area contributed by atoms with Crippen LogP contribution in [0.5, 0.6) is 0 Å². The summed E-state index contributed by atoms with van der Waals surface area (Å²) in [7, 11) is 0. The summed E-state index contributed by atoms with van der Waals surface area (Å²) in [4.78, 5) is 0. The second kappa shape index (κ2) is 5.10. The molecule has 0 spiro atoms. The van der Waals surface area contributed by atoms with E-state index in [9.17, 15) is 0 Å². The van der Waals surface area contributed by atoms with Crippen LogP contribution in [0.15, 0.2) is 0 Å². The van der Waals surface area contributed by atoms with Gasteiger partial charge in [0.1, 0.15) is 0 Å². The van der Waals surface area contributed by atoms with Crippen LogP contribution in [0.1, 0.15) is 33.1 Å². The van der Waals surface area contributed by atoms with Gasteiger partial charge >= 0.3 is 0 Å². The molecule has 0 amide bonds. The van der Waals surface area contributed by atoms with Crippen molar-refractivity contribution < 1.29 is 9.84 Å². The number of hydrogen-bond donors (Lipinski definition) is 2. The summed E-state index contributed by atoms with van der Waals surface area (Å²) in [5.74, 6) is 1.28.